The lowest BCUT2D eigenvalue weighted by Crippen LogP contribution is -2.39. The molecule has 2 amide bonds. The lowest BCUT2D eigenvalue weighted by Gasteiger charge is -2.33. The SMILES string of the molecule is N#CCCC(=O)N1CCCC(c2cc(NC(=O)C3CC3)nc3[nH]ccc23)C1. The molecule has 140 valence electrons. The highest BCUT2D eigenvalue weighted by Gasteiger charge is 2.31. The first kappa shape index (κ1) is 17.5. The zero-order valence-corrected chi connectivity index (χ0v) is 15.2. The van der Waals surface area contributed by atoms with Crippen molar-refractivity contribution in [3.8, 4) is 6.07 Å². The number of carbonyl (C=O) groups excluding carboxylic acids is 2. The summed E-state index contributed by atoms with van der Waals surface area (Å²) in [5.41, 5.74) is 1.87. The van der Waals surface area contributed by atoms with E-state index in [-0.39, 0.29) is 36.5 Å². The molecule has 1 aliphatic heterocycles. The standard InChI is InChI=1S/C20H23N5O2/c21-8-1-4-18(26)25-10-2-3-14(12-25)16-11-17(24-20(27)13-5-6-13)23-19-15(16)7-9-22-19/h7,9,11,13-14H,1-6,10,12H2,(H2,22,23,24,27). The number of nitriles is 1. The van der Waals surface area contributed by atoms with Crippen molar-refractivity contribution in [2.45, 2.75) is 44.4 Å². The molecule has 1 atom stereocenters. The maximum Gasteiger partial charge on any atom is 0.228 e. The lowest BCUT2D eigenvalue weighted by molar-refractivity contribution is -0.132. The molecule has 1 aliphatic carbocycles. The molecular weight excluding hydrogens is 342 g/mol. The molecule has 3 heterocycles. The van der Waals surface area contributed by atoms with Crippen LogP contribution in [0.15, 0.2) is 18.3 Å². The van der Waals surface area contributed by atoms with E-state index >= 15 is 0 Å². The maximum absolute atomic E-state index is 12.3. The third kappa shape index (κ3) is 3.80. The summed E-state index contributed by atoms with van der Waals surface area (Å²) in [6.07, 6.45) is 6.21. The first-order valence-corrected chi connectivity index (χ1v) is 9.59. The van der Waals surface area contributed by atoms with Crippen LogP contribution in [0.5, 0.6) is 0 Å². The van der Waals surface area contributed by atoms with Crippen molar-refractivity contribution in [3.63, 3.8) is 0 Å². The molecule has 7 heteroatoms. The van der Waals surface area contributed by atoms with Crippen LogP contribution in [0.25, 0.3) is 11.0 Å². The van der Waals surface area contributed by atoms with Crippen LogP contribution in [-0.2, 0) is 9.59 Å². The van der Waals surface area contributed by atoms with Crippen LogP contribution < -0.4 is 5.32 Å². The Bertz CT molecular complexity index is 909. The third-order valence-corrected chi connectivity index (χ3v) is 5.42. The summed E-state index contributed by atoms with van der Waals surface area (Å²) in [5, 5.41) is 12.7. The number of nitrogens with zero attached hydrogens (tertiary/aromatic N) is 3. The van der Waals surface area contributed by atoms with Gasteiger partial charge in [-0.1, -0.05) is 0 Å². The fourth-order valence-electron chi connectivity index (χ4n) is 3.82. The van der Waals surface area contributed by atoms with Crippen LogP contribution >= 0.6 is 0 Å². The predicted molar refractivity (Wildman–Crippen MR) is 101 cm³/mol. The molecule has 2 aromatic heterocycles. The summed E-state index contributed by atoms with van der Waals surface area (Å²) in [5.74, 6) is 0.976. The monoisotopic (exact) mass is 365 g/mol. The van der Waals surface area contributed by atoms with Crippen LogP contribution in [-0.4, -0.2) is 39.8 Å². The number of amides is 2. The number of aromatic nitrogens is 2. The number of anilines is 1. The molecule has 1 saturated heterocycles. The first-order chi connectivity index (χ1) is 13.2. The molecule has 2 aromatic rings. The van der Waals surface area contributed by atoms with Crippen LogP contribution in [0.4, 0.5) is 5.82 Å². The number of fused-ring (bicyclic) bond motifs is 1. The highest BCUT2D eigenvalue weighted by atomic mass is 16.2. The van der Waals surface area contributed by atoms with Crippen molar-refractivity contribution in [2.24, 2.45) is 5.92 Å². The summed E-state index contributed by atoms with van der Waals surface area (Å²) in [4.78, 5) is 34.0. The number of H-pyrrole nitrogens is 1. The third-order valence-electron chi connectivity index (χ3n) is 5.42. The topological polar surface area (TPSA) is 102 Å². The number of carbonyl (C=O) groups is 2. The van der Waals surface area contributed by atoms with Crippen molar-refractivity contribution in [2.75, 3.05) is 18.4 Å². The average Bonchev–Trinajstić information content (AvgIpc) is 3.44. The Labute approximate surface area is 157 Å². The van der Waals surface area contributed by atoms with E-state index in [9.17, 15) is 9.59 Å². The second kappa shape index (κ2) is 7.39. The number of hydrogen-bond acceptors (Lipinski definition) is 4. The Morgan fingerprint density at radius 1 is 1.37 bits per heavy atom. The van der Waals surface area contributed by atoms with Gasteiger partial charge in [0.05, 0.1) is 6.07 Å². The molecule has 1 saturated carbocycles. The number of aromatic amines is 1. The molecule has 0 aromatic carbocycles. The molecule has 2 N–H and O–H groups in total. The highest BCUT2D eigenvalue weighted by Crippen LogP contribution is 2.34. The minimum Gasteiger partial charge on any atom is -0.346 e. The lowest BCUT2D eigenvalue weighted by atomic mass is 9.89. The summed E-state index contributed by atoms with van der Waals surface area (Å²) in [6, 6.07) is 6.00. The number of pyridine rings is 1. The smallest absolute Gasteiger partial charge is 0.228 e. The summed E-state index contributed by atoms with van der Waals surface area (Å²) < 4.78 is 0. The molecular formula is C20H23N5O2. The Kier molecular flexibility index (Phi) is 4.80. The van der Waals surface area contributed by atoms with E-state index in [1.807, 2.05) is 29.3 Å². The van der Waals surface area contributed by atoms with E-state index in [1.54, 1.807) is 0 Å². The van der Waals surface area contributed by atoms with Gasteiger partial charge in [-0.15, -0.1) is 0 Å². The zero-order chi connectivity index (χ0) is 18.8. The van der Waals surface area contributed by atoms with Gasteiger partial charge in [-0.25, -0.2) is 4.98 Å². The molecule has 0 radical (unpaired) electrons. The highest BCUT2D eigenvalue weighted by molar-refractivity contribution is 5.94. The largest absolute Gasteiger partial charge is 0.346 e. The van der Waals surface area contributed by atoms with Crippen molar-refractivity contribution in [3.05, 3.63) is 23.9 Å². The van der Waals surface area contributed by atoms with Gasteiger partial charge >= 0.3 is 0 Å². The fourth-order valence-corrected chi connectivity index (χ4v) is 3.82. The first-order valence-electron chi connectivity index (χ1n) is 9.59. The van der Waals surface area contributed by atoms with Gasteiger partial charge in [0.1, 0.15) is 11.5 Å². The van der Waals surface area contributed by atoms with E-state index in [4.69, 9.17) is 5.26 Å². The van der Waals surface area contributed by atoms with Gasteiger partial charge in [0.15, 0.2) is 0 Å². The van der Waals surface area contributed by atoms with Gasteiger partial charge in [-0.3, -0.25) is 9.59 Å². The minimum absolute atomic E-state index is 0.0382. The summed E-state index contributed by atoms with van der Waals surface area (Å²) in [7, 11) is 0. The van der Waals surface area contributed by atoms with Crippen LogP contribution in [0.3, 0.4) is 0 Å². The Hall–Kier alpha value is -2.88. The van der Waals surface area contributed by atoms with Gasteiger partial charge in [-0.2, -0.15) is 5.26 Å². The van der Waals surface area contributed by atoms with Gasteiger partial charge in [0, 0.05) is 49.4 Å². The van der Waals surface area contributed by atoms with Crippen LogP contribution in [0, 0.1) is 17.2 Å². The molecule has 0 spiro atoms. The second-order valence-electron chi connectivity index (χ2n) is 7.44. The zero-order valence-electron chi connectivity index (χ0n) is 15.2. The van der Waals surface area contributed by atoms with Crippen LogP contribution in [0.2, 0.25) is 0 Å². The van der Waals surface area contributed by atoms with E-state index in [0.717, 1.165) is 48.8 Å². The van der Waals surface area contributed by atoms with Crippen LogP contribution in [0.1, 0.15) is 50.0 Å². The van der Waals surface area contributed by atoms with Gasteiger partial charge in [0.2, 0.25) is 11.8 Å². The van der Waals surface area contributed by atoms with Gasteiger partial charge in [-0.05, 0) is 43.4 Å². The number of piperidine rings is 1. The molecule has 4 rings (SSSR count). The van der Waals surface area contributed by atoms with Crippen molar-refractivity contribution < 1.29 is 9.59 Å². The molecule has 2 aliphatic rings. The molecule has 27 heavy (non-hydrogen) atoms. The van der Waals surface area contributed by atoms with E-state index in [2.05, 4.69) is 15.3 Å². The summed E-state index contributed by atoms with van der Waals surface area (Å²) >= 11 is 0. The van der Waals surface area contributed by atoms with Gasteiger partial charge < -0.3 is 15.2 Å². The number of rotatable bonds is 5. The quantitative estimate of drug-likeness (QED) is 0.850. The predicted octanol–water partition coefficient (Wildman–Crippen LogP) is 2.92. The molecule has 0 bridgehead atoms. The Morgan fingerprint density at radius 2 is 2.22 bits per heavy atom. The normalized spacial score (nSPS) is 19.7. The Balaban J connectivity index is 1.57. The number of likely N-dealkylation sites (tertiary alicyclic amines) is 1. The molecule has 7 nitrogen and oxygen atoms in total. The fraction of sp³-hybridized carbons (Fsp3) is 0.500. The average molecular weight is 365 g/mol. The number of nitrogens with one attached hydrogen (secondary N) is 2. The number of hydrogen-bond donors (Lipinski definition) is 2. The van der Waals surface area contributed by atoms with E-state index < -0.39 is 0 Å². The van der Waals surface area contributed by atoms with Crippen molar-refractivity contribution in [1.29, 1.82) is 5.26 Å². The van der Waals surface area contributed by atoms with E-state index in [0.29, 0.717) is 12.4 Å². The second-order valence-corrected chi connectivity index (χ2v) is 7.44. The molecule has 2 fully saturated rings. The summed E-state index contributed by atoms with van der Waals surface area (Å²) in [6.45, 7) is 1.39. The van der Waals surface area contributed by atoms with E-state index in [1.165, 1.54) is 0 Å². The maximum atomic E-state index is 12.3. The molecule has 1 unspecified atom stereocenters. The van der Waals surface area contributed by atoms with Crippen molar-refractivity contribution >= 4 is 28.7 Å². The Morgan fingerprint density at radius 3 is 3.00 bits per heavy atom. The minimum atomic E-state index is 0.0382. The van der Waals surface area contributed by atoms with Gasteiger partial charge in [0.25, 0.3) is 0 Å². The van der Waals surface area contributed by atoms with Crippen molar-refractivity contribution in [1.82, 2.24) is 14.9 Å².